The number of alkyl halides is 1. The minimum absolute atomic E-state index is 0.119. The number of rotatable bonds is 4. The van der Waals surface area contributed by atoms with E-state index in [2.05, 4.69) is 27.8 Å². The quantitative estimate of drug-likeness (QED) is 0.757. The Balaban J connectivity index is 2.18. The Bertz CT molecular complexity index is 376. The highest BCUT2D eigenvalue weighted by Gasteiger charge is 2.31. The molecule has 2 rings (SSSR count). The van der Waals surface area contributed by atoms with E-state index in [-0.39, 0.29) is 5.82 Å². The van der Waals surface area contributed by atoms with Crippen LogP contribution in [0, 0.1) is 11.7 Å². The average molecular weight is 286 g/mol. The second-order valence-electron chi connectivity index (χ2n) is 4.61. The third-order valence-electron chi connectivity index (χ3n) is 3.46. The summed E-state index contributed by atoms with van der Waals surface area (Å²) < 4.78 is 13.9. The van der Waals surface area contributed by atoms with Crippen molar-refractivity contribution in [2.75, 3.05) is 11.9 Å². The molecule has 88 valence electrons. The van der Waals surface area contributed by atoms with Crippen LogP contribution in [0.15, 0.2) is 18.2 Å². The number of hydrogen-bond donors (Lipinski definition) is 0. The number of hydrogen-bond acceptors (Lipinski definition) is 1. The molecule has 1 aromatic rings. The van der Waals surface area contributed by atoms with Crippen LogP contribution < -0.4 is 4.90 Å². The number of halogens is 2. The van der Waals surface area contributed by atoms with Crippen molar-refractivity contribution < 1.29 is 4.39 Å². The van der Waals surface area contributed by atoms with E-state index in [1.165, 1.54) is 12.8 Å². The summed E-state index contributed by atoms with van der Waals surface area (Å²) in [5.74, 6) is 0.632. The monoisotopic (exact) mass is 285 g/mol. The van der Waals surface area contributed by atoms with Crippen LogP contribution in [-0.4, -0.2) is 13.1 Å². The van der Waals surface area contributed by atoms with Crippen molar-refractivity contribution in [1.82, 2.24) is 0 Å². The van der Waals surface area contributed by atoms with Gasteiger partial charge in [-0.15, -0.1) is 0 Å². The predicted molar refractivity (Wildman–Crippen MR) is 69.6 cm³/mol. The molecule has 1 atom stereocenters. The van der Waals surface area contributed by atoms with E-state index in [4.69, 9.17) is 0 Å². The lowest BCUT2D eigenvalue weighted by molar-refractivity contribution is 0.576. The van der Waals surface area contributed by atoms with Gasteiger partial charge in [0, 0.05) is 18.4 Å². The lowest BCUT2D eigenvalue weighted by atomic mass is 10.1. The maximum atomic E-state index is 13.9. The molecule has 1 saturated carbocycles. The average Bonchev–Trinajstić information content (AvgIpc) is 3.10. The van der Waals surface area contributed by atoms with Gasteiger partial charge in [-0.05, 0) is 43.4 Å². The maximum absolute atomic E-state index is 13.9. The molecule has 0 spiro atoms. The molecule has 1 unspecified atom stereocenters. The van der Waals surface area contributed by atoms with E-state index in [9.17, 15) is 4.39 Å². The molecule has 1 nitrogen and oxygen atoms in total. The number of benzene rings is 1. The molecule has 0 bridgehead atoms. The van der Waals surface area contributed by atoms with Crippen LogP contribution in [0.1, 0.15) is 25.3 Å². The molecule has 0 radical (unpaired) electrons. The fraction of sp³-hybridized carbons (Fsp3) is 0.538. The lowest BCUT2D eigenvalue weighted by Crippen LogP contribution is -2.31. The van der Waals surface area contributed by atoms with Gasteiger partial charge in [-0.2, -0.15) is 0 Å². The summed E-state index contributed by atoms with van der Waals surface area (Å²) in [4.78, 5) is 2.06. The zero-order valence-corrected chi connectivity index (χ0v) is 11.3. The van der Waals surface area contributed by atoms with E-state index in [0.717, 1.165) is 11.5 Å². The fourth-order valence-corrected chi connectivity index (χ4v) is 2.38. The summed E-state index contributed by atoms with van der Waals surface area (Å²) in [7, 11) is 1.98. The predicted octanol–water partition coefficient (Wildman–Crippen LogP) is 3.96. The summed E-state index contributed by atoms with van der Waals surface area (Å²) >= 11 is 3.34. The van der Waals surface area contributed by atoms with E-state index in [1.807, 2.05) is 19.2 Å². The van der Waals surface area contributed by atoms with Gasteiger partial charge in [0.15, 0.2) is 0 Å². The van der Waals surface area contributed by atoms with Gasteiger partial charge in [0.1, 0.15) is 5.82 Å². The zero-order chi connectivity index (χ0) is 11.7. The van der Waals surface area contributed by atoms with Crippen LogP contribution in [0.2, 0.25) is 0 Å². The summed E-state index contributed by atoms with van der Waals surface area (Å²) in [6.45, 7) is 2.18. The minimum atomic E-state index is -0.119. The molecule has 1 aromatic carbocycles. The minimum Gasteiger partial charge on any atom is -0.369 e. The van der Waals surface area contributed by atoms with Gasteiger partial charge in [-0.25, -0.2) is 4.39 Å². The second-order valence-corrected chi connectivity index (χ2v) is 5.17. The van der Waals surface area contributed by atoms with Crippen LogP contribution >= 0.6 is 15.9 Å². The van der Waals surface area contributed by atoms with E-state index >= 15 is 0 Å². The van der Waals surface area contributed by atoms with E-state index < -0.39 is 0 Å². The molecule has 0 saturated heterocycles. The molecule has 0 aromatic heterocycles. The van der Waals surface area contributed by atoms with Crippen molar-refractivity contribution in [2.24, 2.45) is 5.92 Å². The largest absolute Gasteiger partial charge is 0.369 e. The van der Waals surface area contributed by atoms with Gasteiger partial charge in [0.25, 0.3) is 0 Å². The first kappa shape index (κ1) is 11.9. The molecule has 1 fully saturated rings. The third kappa shape index (κ3) is 2.40. The Hall–Kier alpha value is -0.570. The van der Waals surface area contributed by atoms with Crippen LogP contribution in [0.25, 0.3) is 0 Å². The molecule has 0 amide bonds. The van der Waals surface area contributed by atoms with Crippen LogP contribution in [-0.2, 0) is 5.33 Å². The normalized spacial score (nSPS) is 17.2. The van der Waals surface area contributed by atoms with Gasteiger partial charge in [-0.3, -0.25) is 0 Å². The van der Waals surface area contributed by atoms with Crippen LogP contribution in [0.5, 0.6) is 0 Å². The Kier molecular flexibility index (Phi) is 3.53. The Morgan fingerprint density at radius 3 is 2.69 bits per heavy atom. The van der Waals surface area contributed by atoms with Crippen molar-refractivity contribution in [3.8, 4) is 0 Å². The van der Waals surface area contributed by atoms with Crippen LogP contribution in [0.4, 0.5) is 10.1 Å². The fourth-order valence-electron chi connectivity index (χ4n) is 2.03. The maximum Gasteiger partial charge on any atom is 0.146 e. The van der Waals surface area contributed by atoms with Crippen molar-refractivity contribution in [1.29, 1.82) is 0 Å². The highest BCUT2D eigenvalue weighted by molar-refractivity contribution is 9.08. The van der Waals surface area contributed by atoms with E-state index in [0.29, 0.717) is 17.1 Å². The highest BCUT2D eigenvalue weighted by atomic mass is 79.9. The summed E-state index contributed by atoms with van der Waals surface area (Å²) in [6.07, 6.45) is 2.57. The summed E-state index contributed by atoms with van der Waals surface area (Å²) in [5, 5.41) is 0.700. The standard InChI is InChI=1S/C13H17BrFN/c1-9(11-4-5-11)16(2)13-6-3-10(8-14)7-12(13)15/h3,6-7,9,11H,4-5,8H2,1-2H3. The number of nitrogens with zero attached hydrogens (tertiary/aromatic N) is 1. The van der Waals surface area contributed by atoms with Crippen LogP contribution in [0.3, 0.4) is 0 Å². The van der Waals surface area contributed by atoms with Gasteiger partial charge in [-0.1, -0.05) is 22.0 Å². The SMILES string of the molecule is CC(C1CC1)N(C)c1ccc(CBr)cc1F. The van der Waals surface area contributed by atoms with Gasteiger partial charge >= 0.3 is 0 Å². The Labute approximate surface area is 105 Å². The summed E-state index contributed by atoms with van der Waals surface area (Å²) in [5.41, 5.74) is 1.69. The Morgan fingerprint density at radius 1 is 1.50 bits per heavy atom. The second kappa shape index (κ2) is 4.74. The molecule has 3 heteroatoms. The lowest BCUT2D eigenvalue weighted by Gasteiger charge is -2.27. The van der Waals surface area contributed by atoms with Crippen molar-refractivity contribution in [3.63, 3.8) is 0 Å². The van der Waals surface area contributed by atoms with Crippen molar-refractivity contribution >= 4 is 21.6 Å². The molecular formula is C13H17BrFN. The third-order valence-corrected chi connectivity index (χ3v) is 4.11. The molecule has 0 N–H and O–H groups in total. The zero-order valence-electron chi connectivity index (χ0n) is 9.71. The first-order valence-corrected chi connectivity index (χ1v) is 6.83. The highest BCUT2D eigenvalue weighted by Crippen LogP contribution is 2.36. The molecule has 0 heterocycles. The number of anilines is 1. The van der Waals surface area contributed by atoms with Gasteiger partial charge < -0.3 is 4.90 Å². The molecule has 16 heavy (non-hydrogen) atoms. The molecule has 1 aliphatic rings. The first-order chi connectivity index (χ1) is 7.63. The van der Waals surface area contributed by atoms with E-state index in [1.54, 1.807) is 6.07 Å². The molecule has 0 aliphatic heterocycles. The van der Waals surface area contributed by atoms with Gasteiger partial charge in [0.05, 0.1) is 5.69 Å². The topological polar surface area (TPSA) is 3.24 Å². The smallest absolute Gasteiger partial charge is 0.146 e. The Morgan fingerprint density at radius 2 is 2.19 bits per heavy atom. The first-order valence-electron chi connectivity index (χ1n) is 5.70. The molecular weight excluding hydrogens is 269 g/mol. The molecule has 1 aliphatic carbocycles. The summed E-state index contributed by atoms with van der Waals surface area (Å²) in [6, 6.07) is 5.90. The van der Waals surface area contributed by atoms with Crippen molar-refractivity contribution in [3.05, 3.63) is 29.6 Å². The van der Waals surface area contributed by atoms with Crippen molar-refractivity contribution in [2.45, 2.75) is 31.1 Å². The van der Waals surface area contributed by atoms with Gasteiger partial charge in [0.2, 0.25) is 0 Å².